The number of ether oxygens (including phenoxy) is 1. The van der Waals surface area contributed by atoms with Crippen molar-refractivity contribution in [3.8, 4) is 11.4 Å². The monoisotopic (exact) mass is 342 g/mol. The minimum absolute atomic E-state index is 0.288. The van der Waals surface area contributed by atoms with E-state index in [1.165, 1.54) is 13.4 Å². The van der Waals surface area contributed by atoms with Crippen LogP contribution in [0.4, 0.5) is 0 Å². The standard InChI is InChI=1S/C17H15ClN4O2/c1-24-15-7-3-6-14(18)16(15)17(23)20-9-12-4-2-5-13(8-12)22-11-19-10-21-22/h2-8,10-11H,9H2,1H3,(H,20,23). The average molecular weight is 343 g/mol. The van der Waals surface area contributed by atoms with Crippen molar-refractivity contribution in [2.45, 2.75) is 6.54 Å². The van der Waals surface area contributed by atoms with Crippen LogP contribution in [0.5, 0.6) is 5.75 Å². The second kappa shape index (κ2) is 7.14. The van der Waals surface area contributed by atoms with E-state index in [9.17, 15) is 4.79 Å². The SMILES string of the molecule is COc1cccc(Cl)c1C(=O)NCc1cccc(-n2cncn2)c1. The molecule has 24 heavy (non-hydrogen) atoms. The van der Waals surface area contributed by atoms with Crippen LogP contribution in [0.2, 0.25) is 5.02 Å². The molecule has 1 amide bonds. The van der Waals surface area contributed by atoms with Crippen molar-refractivity contribution >= 4 is 17.5 Å². The van der Waals surface area contributed by atoms with Crippen LogP contribution in [0.15, 0.2) is 55.1 Å². The van der Waals surface area contributed by atoms with Gasteiger partial charge in [0.05, 0.1) is 23.4 Å². The molecule has 1 N–H and O–H groups in total. The van der Waals surface area contributed by atoms with Crippen molar-refractivity contribution in [1.29, 1.82) is 0 Å². The van der Waals surface area contributed by atoms with Gasteiger partial charge in [-0.25, -0.2) is 9.67 Å². The van der Waals surface area contributed by atoms with Crippen LogP contribution in [-0.4, -0.2) is 27.8 Å². The molecule has 1 heterocycles. The first-order valence-corrected chi connectivity index (χ1v) is 7.61. The predicted octanol–water partition coefficient (Wildman–Crippen LogP) is 2.86. The average Bonchev–Trinajstić information content (AvgIpc) is 3.14. The summed E-state index contributed by atoms with van der Waals surface area (Å²) in [6, 6.07) is 12.8. The lowest BCUT2D eigenvalue weighted by Crippen LogP contribution is -2.23. The highest BCUT2D eigenvalue weighted by Crippen LogP contribution is 2.26. The van der Waals surface area contributed by atoms with Gasteiger partial charge in [0.25, 0.3) is 5.91 Å². The topological polar surface area (TPSA) is 69.0 Å². The predicted molar refractivity (Wildman–Crippen MR) is 90.5 cm³/mol. The van der Waals surface area contributed by atoms with E-state index in [1.807, 2.05) is 24.3 Å². The van der Waals surface area contributed by atoms with E-state index in [4.69, 9.17) is 16.3 Å². The Morgan fingerprint density at radius 1 is 1.29 bits per heavy atom. The molecule has 0 unspecified atom stereocenters. The second-order valence-corrected chi connectivity index (χ2v) is 5.42. The maximum atomic E-state index is 12.4. The normalized spacial score (nSPS) is 10.4. The third-order valence-electron chi connectivity index (χ3n) is 3.47. The van der Waals surface area contributed by atoms with Crippen LogP contribution in [-0.2, 0) is 6.54 Å². The molecule has 3 rings (SSSR count). The van der Waals surface area contributed by atoms with E-state index in [2.05, 4.69) is 15.4 Å². The Morgan fingerprint density at radius 3 is 2.88 bits per heavy atom. The highest BCUT2D eigenvalue weighted by molar-refractivity contribution is 6.34. The van der Waals surface area contributed by atoms with Crippen molar-refractivity contribution in [3.63, 3.8) is 0 Å². The fourth-order valence-electron chi connectivity index (χ4n) is 2.32. The zero-order valence-corrected chi connectivity index (χ0v) is 13.7. The van der Waals surface area contributed by atoms with Crippen LogP contribution in [0, 0.1) is 0 Å². The first-order chi connectivity index (χ1) is 11.7. The number of carbonyl (C=O) groups excluding carboxylic acids is 1. The number of hydrogen-bond donors (Lipinski definition) is 1. The fraction of sp³-hybridized carbons (Fsp3) is 0.118. The number of nitrogens with one attached hydrogen (secondary N) is 1. The summed E-state index contributed by atoms with van der Waals surface area (Å²) in [5, 5.41) is 7.29. The van der Waals surface area contributed by atoms with Crippen LogP contribution in [0.3, 0.4) is 0 Å². The molecule has 0 radical (unpaired) electrons. The molecule has 0 saturated heterocycles. The molecule has 0 fully saturated rings. The minimum Gasteiger partial charge on any atom is -0.496 e. The number of rotatable bonds is 5. The van der Waals surface area contributed by atoms with E-state index in [0.717, 1.165) is 11.3 Å². The van der Waals surface area contributed by atoms with Gasteiger partial charge in [-0.05, 0) is 29.8 Å². The maximum absolute atomic E-state index is 12.4. The lowest BCUT2D eigenvalue weighted by Gasteiger charge is -2.11. The largest absolute Gasteiger partial charge is 0.496 e. The van der Waals surface area contributed by atoms with Gasteiger partial charge in [0.1, 0.15) is 18.4 Å². The van der Waals surface area contributed by atoms with Gasteiger partial charge in [-0.2, -0.15) is 5.10 Å². The van der Waals surface area contributed by atoms with Crippen LogP contribution in [0.25, 0.3) is 5.69 Å². The number of nitrogens with zero attached hydrogens (tertiary/aromatic N) is 3. The van der Waals surface area contributed by atoms with Crippen molar-refractivity contribution in [2.24, 2.45) is 0 Å². The maximum Gasteiger partial charge on any atom is 0.256 e. The summed E-state index contributed by atoms with van der Waals surface area (Å²) in [6.45, 7) is 0.357. The van der Waals surface area contributed by atoms with E-state index in [-0.39, 0.29) is 5.91 Å². The summed E-state index contributed by atoms with van der Waals surface area (Å²) in [7, 11) is 1.50. The Balaban J connectivity index is 1.75. The first kappa shape index (κ1) is 16.0. The van der Waals surface area contributed by atoms with Crippen LogP contribution < -0.4 is 10.1 Å². The van der Waals surface area contributed by atoms with Gasteiger partial charge in [-0.3, -0.25) is 4.79 Å². The minimum atomic E-state index is -0.288. The van der Waals surface area contributed by atoms with Gasteiger partial charge in [-0.15, -0.1) is 0 Å². The molecule has 1 aromatic heterocycles. The summed E-state index contributed by atoms with van der Waals surface area (Å²) in [5.74, 6) is 0.153. The summed E-state index contributed by atoms with van der Waals surface area (Å²) < 4.78 is 6.86. The van der Waals surface area contributed by atoms with Crippen molar-refractivity contribution in [2.75, 3.05) is 7.11 Å². The summed E-state index contributed by atoms with van der Waals surface area (Å²) in [6.07, 6.45) is 3.09. The highest BCUT2D eigenvalue weighted by Gasteiger charge is 2.15. The molecule has 0 aliphatic heterocycles. The quantitative estimate of drug-likeness (QED) is 0.774. The molecule has 3 aromatic rings. The zero-order valence-electron chi connectivity index (χ0n) is 12.9. The van der Waals surface area contributed by atoms with Crippen LogP contribution >= 0.6 is 11.6 Å². The molecular formula is C17H15ClN4O2. The number of amides is 1. The number of methoxy groups -OCH3 is 1. The lowest BCUT2D eigenvalue weighted by atomic mass is 10.1. The molecule has 0 atom stereocenters. The molecule has 2 aromatic carbocycles. The molecule has 122 valence electrons. The Kier molecular flexibility index (Phi) is 4.77. The van der Waals surface area contributed by atoms with Gasteiger partial charge in [-0.1, -0.05) is 29.8 Å². The van der Waals surface area contributed by atoms with Crippen LogP contribution in [0.1, 0.15) is 15.9 Å². The third-order valence-corrected chi connectivity index (χ3v) is 3.78. The van der Waals surface area contributed by atoms with E-state index < -0.39 is 0 Å². The van der Waals surface area contributed by atoms with Gasteiger partial charge in [0, 0.05) is 6.54 Å². The van der Waals surface area contributed by atoms with E-state index >= 15 is 0 Å². The molecule has 0 saturated carbocycles. The summed E-state index contributed by atoms with van der Waals surface area (Å²) in [5.41, 5.74) is 2.13. The highest BCUT2D eigenvalue weighted by atomic mass is 35.5. The summed E-state index contributed by atoms with van der Waals surface area (Å²) in [4.78, 5) is 16.4. The molecule has 0 aliphatic rings. The third kappa shape index (κ3) is 3.38. The molecule has 6 nitrogen and oxygen atoms in total. The number of aromatic nitrogens is 3. The Labute approximate surface area is 144 Å². The summed E-state index contributed by atoms with van der Waals surface area (Å²) >= 11 is 6.12. The van der Waals surface area contributed by atoms with E-state index in [0.29, 0.717) is 22.9 Å². The van der Waals surface area contributed by atoms with Gasteiger partial charge < -0.3 is 10.1 Å². The molecule has 7 heteroatoms. The zero-order chi connectivity index (χ0) is 16.9. The Bertz CT molecular complexity index is 850. The number of carbonyl (C=O) groups is 1. The van der Waals surface area contributed by atoms with Crippen molar-refractivity contribution in [3.05, 3.63) is 71.3 Å². The Hall–Kier alpha value is -2.86. The molecule has 0 spiro atoms. The van der Waals surface area contributed by atoms with Gasteiger partial charge in [0.15, 0.2) is 0 Å². The second-order valence-electron chi connectivity index (χ2n) is 5.01. The van der Waals surface area contributed by atoms with Crippen molar-refractivity contribution < 1.29 is 9.53 Å². The number of halogens is 1. The van der Waals surface area contributed by atoms with Crippen molar-refractivity contribution in [1.82, 2.24) is 20.1 Å². The van der Waals surface area contributed by atoms with Gasteiger partial charge in [0.2, 0.25) is 0 Å². The Morgan fingerprint density at radius 2 is 2.12 bits per heavy atom. The number of benzene rings is 2. The fourth-order valence-corrected chi connectivity index (χ4v) is 2.57. The van der Waals surface area contributed by atoms with E-state index in [1.54, 1.807) is 29.2 Å². The molecule has 0 bridgehead atoms. The number of hydrogen-bond acceptors (Lipinski definition) is 4. The molecular weight excluding hydrogens is 328 g/mol. The first-order valence-electron chi connectivity index (χ1n) is 7.23. The van der Waals surface area contributed by atoms with Gasteiger partial charge >= 0.3 is 0 Å². The lowest BCUT2D eigenvalue weighted by molar-refractivity contribution is 0.0948. The molecule has 0 aliphatic carbocycles. The smallest absolute Gasteiger partial charge is 0.256 e.